The first-order valence-electron chi connectivity index (χ1n) is 7.01. The fraction of sp³-hybridized carbons (Fsp3) is 0.733. The maximum atomic E-state index is 5.67. The van der Waals surface area contributed by atoms with E-state index in [1.165, 1.54) is 32.1 Å². The van der Waals surface area contributed by atoms with Gasteiger partial charge in [-0.2, -0.15) is 0 Å². The first-order chi connectivity index (χ1) is 8.19. The Bertz CT molecular complexity index is 336. The Kier molecular flexibility index (Phi) is 4.27. The van der Waals surface area contributed by atoms with Crippen molar-refractivity contribution in [3.8, 4) is 0 Å². The molecule has 1 fully saturated rings. The zero-order chi connectivity index (χ0) is 12.3. The molecule has 1 N–H and O–H groups in total. The van der Waals surface area contributed by atoms with Crippen LogP contribution in [-0.2, 0) is 0 Å². The van der Waals surface area contributed by atoms with Gasteiger partial charge in [-0.3, -0.25) is 0 Å². The molecule has 2 heteroatoms. The maximum Gasteiger partial charge on any atom is 0.120 e. The Morgan fingerprint density at radius 3 is 2.53 bits per heavy atom. The topological polar surface area (TPSA) is 25.2 Å². The Morgan fingerprint density at radius 1 is 1.29 bits per heavy atom. The Balaban J connectivity index is 1.81. The Hall–Kier alpha value is -0.760. The number of hydrogen-bond donors (Lipinski definition) is 1. The van der Waals surface area contributed by atoms with Crippen LogP contribution in [0, 0.1) is 12.8 Å². The molecule has 17 heavy (non-hydrogen) atoms. The molecule has 0 radical (unpaired) electrons. The fourth-order valence-electron chi connectivity index (χ4n) is 2.86. The van der Waals surface area contributed by atoms with Crippen molar-refractivity contribution in [2.24, 2.45) is 5.92 Å². The smallest absolute Gasteiger partial charge is 0.120 e. The van der Waals surface area contributed by atoms with Gasteiger partial charge in [-0.25, -0.2) is 0 Å². The summed E-state index contributed by atoms with van der Waals surface area (Å²) in [6.07, 6.45) is 6.76. The molecule has 1 aliphatic carbocycles. The summed E-state index contributed by atoms with van der Waals surface area (Å²) in [6.45, 7) is 6.51. The van der Waals surface area contributed by atoms with Crippen LogP contribution in [0.3, 0.4) is 0 Å². The monoisotopic (exact) mass is 235 g/mol. The Morgan fingerprint density at radius 2 is 2.00 bits per heavy atom. The van der Waals surface area contributed by atoms with Gasteiger partial charge in [0.05, 0.1) is 6.04 Å². The lowest BCUT2D eigenvalue weighted by Crippen LogP contribution is -2.34. The molecule has 1 aromatic heterocycles. The molecule has 2 rings (SSSR count). The van der Waals surface area contributed by atoms with Crippen LogP contribution in [-0.4, -0.2) is 6.04 Å². The minimum atomic E-state index is 0.340. The predicted octanol–water partition coefficient (Wildman–Crippen LogP) is 4.21. The van der Waals surface area contributed by atoms with Crippen LogP contribution in [0.4, 0.5) is 0 Å². The van der Waals surface area contributed by atoms with Crippen molar-refractivity contribution in [1.29, 1.82) is 0 Å². The zero-order valence-electron chi connectivity index (χ0n) is 11.3. The third kappa shape index (κ3) is 3.35. The summed E-state index contributed by atoms with van der Waals surface area (Å²) in [4.78, 5) is 0. The van der Waals surface area contributed by atoms with Gasteiger partial charge < -0.3 is 9.73 Å². The van der Waals surface area contributed by atoms with E-state index >= 15 is 0 Å². The van der Waals surface area contributed by atoms with Gasteiger partial charge in [0.2, 0.25) is 0 Å². The second-order valence-electron chi connectivity index (χ2n) is 5.46. The molecule has 0 aliphatic heterocycles. The Labute approximate surface area is 105 Å². The average Bonchev–Trinajstić information content (AvgIpc) is 2.77. The van der Waals surface area contributed by atoms with Gasteiger partial charge in [0.15, 0.2) is 0 Å². The highest BCUT2D eigenvalue weighted by molar-refractivity contribution is 5.09. The standard InChI is InChI=1S/C15H25NO/c1-4-13-6-8-14(9-7-13)16-12(3)15-10-5-11(2)17-15/h5,10,12-14,16H,4,6-9H2,1-3H3. The van der Waals surface area contributed by atoms with Crippen LogP contribution >= 0.6 is 0 Å². The lowest BCUT2D eigenvalue weighted by Gasteiger charge is -2.30. The molecule has 1 heterocycles. The minimum absolute atomic E-state index is 0.340. The number of nitrogens with one attached hydrogen (secondary N) is 1. The number of furan rings is 1. The van der Waals surface area contributed by atoms with E-state index in [0.29, 0.717) is 12.1 Å². The normalized spacial score (nSPS) is 27.0. The first kappa shape index (κ1) is 12.7. The molecule has 0 aromatic carbocycles. The van der Waals surface area contributed by atoms with Crippen molar-refractivity contribution in [3.63, 3.8) is 0 Å². The first-order valence-corrected chi connectivity index (χ1v) is 7.01. The van der Waals surface area contributed by atoms with Crippen molar-refractivity contribution in [2.75, 3.05) is 0 Å². The lowest BCUT2D eigenvalue weighted by molar-refractivity contribution is 0.263. The highest BCUT2D eigenvalue weighted by Gasteiger charge is 2.22. The van der Waals surface area contributed by atoms with E-state index in [1.807, 2.05) is 13.0 Å². The third-order valence-corrected chi connectivity index (χ3v) is 4.10. The number of rotatable bonds is 4. The van der Waals surface area contributed by atoms with Crippen molar-refractivity contribution in [2.45, 2.75) is 65.0 Å². The summed E-state index contributed by atoms with van der Waals surface area (Å²) >= 11 is 0. The maximum absolute atomic E-state index is 5.67. The summed E-state index contributed by atoms with van der Waals surface area (Å²) in [7, 11) is 0. The molecule has 0 spiro atoms. The summed E-state index contributed by atoms with van der Waals surface area (Å²) < 4.78 is 5.67. The van der Waals surface area contributed by atoms with Crippen molar-refractivity contribution < 1.29 is 4.42 Å². The van der Waals surface area contributed by atoms with Gasteiger partial charge >= 0.3 is 0 Å². The van der Waals surface area contributed by atoms with Crippen LogP contribution in [0.15, 0.2) is 16.5 Å². The van der Waals surface area contributed by atoms with E-state index in [1.54, 1.807) is 0 Å². The molecule has 0 bridgehead atoms. The van der Waals surface area contributed by atoms with E-state index in [9.17, 15) is 0 Å². The third-order valence-electron chi connectivity index (χ3n) is 4.10. The number of aryl methyl sites for hydroxylation is 1. The predicted molar refractivity (Wildman–Crippen MR) is 71.0 cm³/mol. The van der Waals surface area contributed by atoms with Crippen molar-refractivity contribution in [3.05, 3.63) is 23.7 Å². The van der Waals surface area contributed by atoms with Gasteiger partial charge in [-0.15, -0.1) is 0 Å². The summed E-state index contributed by atoms with van der Waals surface area (Å²) in [5.74, 6) is 3.04. The van der Waals surface area contributed by atoms with E-state index < -0.39 is 0 Å². The molecule has 1 unspecified atom stereocenters. The number of hydrogen-bond acceptors (Lipinski definition) is 2. The quantitative estimate of drug-likeness (QED) is 0.845. The molecule has 96 valence electrons. The van der Waals surface area contributed by atoms with E-state index in [4.69, 9.17) is 4.42 Å². The van der Waals surface area contributed by atoms with Gasteiger partial charge in [0.25, 0.3) is 0 Å². The molecule has 1 aliphatic rings. The van der Waals surface area contributed by atoms with Gasteiger partial charge in [0.1, 0.15) is 11.5 Å². The molecule has 1 saturated carbocycles. The molecule has 0 saturated heterocycles. The molecular formula is C15H25NO. The zero-order valence-corrected chi connectivity index (χ0v) is 11.3. The van der Waals surface area contributed by atoms with E-state index in [0.717, 1.165) is 17.4 Å². The van der Waals surface area contributed by atoms with Crippen molar-refractivity contribution >= 4 is 0 Å². The minimum Gasteiger partial charge on any atom is -0.465 e. The molecule has 0 amide bonds. The van der Waals surface area contributed by atoms with Gasteiger partial charge in [-0.05, 0) is 57.6 Å². The van der Waals surface area contributed by atoms with E-state index in [-0.39, 0.29) is 0 Å². The van der Waals surface area contributed by atoms with Gasteiger partial charge in [0, 0.05) is 6.04 Å². The highest BCUT2D eigenvalue weighted by Crippen LogP contribution is 2.28. The summed E-state index contributed by atoms with van der Waals surface area (Å²) in [5.41, 5.74) is 0. The van der Waals surface area contributed by atoms with Crippen LogP contribution in [0.1, 0.15) is 63.5 Å². The molecular weight excluding hydrogens is 210 g/mol. The van der Waals surface area contributed by atoms with Crippen LogP contribution in [0.25, 0.3) is 0 Å². The van der Waals surface area contributed by atoms with Gasteiger partial charge in [-0.1, -0.05) is 13.3 Å². The average molecular weight is 235 g/mol. The SMILES string of the molecule is CCC1CCC(NC(C)c2ccc(C)o2)CC1. The summed E-state index contributed by atoms with van der Waals surface area (Å²) in [6, 6.07) is 5.15. The van der Waals surface area contributed by atoms with Crippen LogP contribution in [0.2, 0.25) is 0 Å². The molecule has 1 aromatic rings. The lowest BCUT2D eigenvalue weighted by atomic mass is 9.84. The second kappa shape index (κ2) is 5.72. The second-order valence-corrected chi connectivity index (χ2v) is 5.46. The summed E-state index contributed by atoms with van der Waals surface area (Å²) in [5, 5.41) is 3.70. The van der Waals surface area contributed by atoms with Crippen molar-refractivity contribution in [1.82, 2.24) is 5.32 Å². The van der Waals surface area contributed by atoms with Crippen LogP contribution < -0.4 is 5.32 Å². The molecule has 1 atom stereocenters. The van der Waals surface area contributed by atoms with E-state index in [2.05, 4.69) is 25.2 Å². The molecule has 2 nitrogen and oxygen atoms in total. The largest absolute Gasteiger partial charge is 0.465 e. The fourth-order valence-corrected chi connectivity index (χ4v) is 2.86. The highest BCUT2D eigenvalue weighted by atomic mass is 16.3. The van der Waals surface area contributed by atoms with Crippen LogP contribution in [0.5, 0.6) is 0 Å².